The van der Waals surface area contributed by atoms with Gasteiger partial charge in [-0.15, -0.1) is 5.10 Å². The smallest absolute Gasteiger partial charge is 0.293 e. The number of halogens is 1. The zero-order valence-electron chi connectivity index (χ0n) is 13.6. The molecule has 1 aromatic carbocycles. The second-order valence-corrected chi connectivity index (χ2v) is 6.94. The lowest BCUT2D eigenvalue weighted by Gasteiger charge is -2.31. The fraction of sp³-hybridized carbons (Fsp3) is 0.471. The van der Waals surface area contributed by atoms with Gasteiger partial charge in [-0.25, -0.2) is 9.67 Å². The molecule has 1 atom stereocenters. The van der Waals surface area contributed by atoms with Crippen LogP contribution in [0.2, 0.25) is 5.02 Å². The van der Waals surface area contributed by atoms with Crippen LogP contribution in [-0.2, 0) is 0 Å². The van der Waals surface area contributed by atoms with Crippen LogP contribution in [0.1, 0.15) is 42.1 Å². The molecule has 1 saturated heterocycles. The van der Waals surface area contributed by atoms with Crippen LogP contribution in [0.3, 0.4) is 0 Å². The van der Waals surface area contributed by atoms with Gasteiger partial charge in [0.25, 0.3) is 5.91 Å². The summed E-state index contributed by atoms with van der Waals surface area (Å²) in [6.45, 7) is 4.24. The van der Waals surface area contributed by atoms with Gasteiger partial charge in [0.2, 0.25) is 5.82 Å². The largest absolute Gasteiger partial charge is 0.333 e. The van der Waals surface area contributed by atoms with Crippen molar-refractivity contribution in [2.24, 2.45) is 0 Å². The van der Waals surface area contributed by atoms with E-state index in [0.29, 0.717) is 24.0 Å². The van der Waals surface area contributed by atoms with Crippen LogP contribution in [0.25, 0.3) is 5.69 Å². The van der Waals surface area contributed by atoms with Crippen LogP contribution >= 0.6 is 11.6 Å². The van der Waals surface area contributed by atoms with Crippen molar-refractivity contribution < 1.29 is 4.79 Å². The highest BCUT2D eigenvalue weighted by Gasteiger charge is 2.33. The molecule has 1 unspecified atom stereocenters. The van der Waals surface area contributed by atoms with E-state index in [-0.39, 0.29) is 17.8 Å². The lowest BCUT2D eigenvalue weighted by molar-refractivity contribution is 0.0696. The minimum atomic E-state index is -0.101. The molecule has 2 heterocycles. The summed E-state index contributed by atoms with van der Waals surface area (Å²) in [5, 5.41) is 8.46. The quantitative estimate of drug-likeness (QED) is 0.926. The summed E-state index contributed by atoms with van der Waals surface area (Å²) in [4.78, 5) is 19.2. The molecular weight excluding hydrogens is 326 g/mol. The Balaban J connectivity index is 1.69. The van der Waals surface area contributed by atoms with E-state index < -0.39 is 0 Å². The summed E-state index contributed by atoms with van der Waals surface area (Å²) < 4.78 is 1.75. The fourth-order valence-electron chi connectivity index (χ4n) is 3.08. The van der Waals surface area contributed by atoms with Gasteiger partial charge in [0.05, 0.1) is 10.7 Å². The number of para-hydroxylation sites is 1. The Hall–Kier alpha value is -1.92. The van der Waals surface area contributed by atoms with Gasteiger partial charge in [-0.05, 0) is 31.9 Å². The topological polar surface area (TPSA) is 63.1 Å². The van der Waals surface area contributed by atoms with Gasteiger partial charge in [-0.3, -0.25) is 4.79 Å². The van der Waals surface area contributed by atoms with Crippen molar-refractivity contribution >= 4 is 17.5 Å². The van der Waals surface area contributed by atoms with Gasteiger partial charge in [0.1, 0.15) is 5.82 Å². The molecular formula is C17H20ClN5O. The standard InChI is InChI=1S/C17H20ClN5O/c1-11-10-22(9-8-19-11)17(24)15-20-16(12-6-7-12)23(21-15)14-5-3-2-4-13(14)18/h2-5,11-12,19H,6-10H2,1H3. The van der Waals surface area contributed by atoms with Crippen molar-refractivity contribution in [2.75, 3.05) is 19.6 Å². The normalized spacial score (nSPS) is 21.1. The molecule has 24 heavy (non-hydrogen) atoms. The summed E-state index contributed by atoms with van der Waals surface area (Å²) in [6, 6.07) is 7.82. The third-order valence-electron chi connectivity index (χ3n) is 4.50. The number of amides is 1. The molecule has 1 aliphatic heterocycles. The number of nitrogens with one attached hydrogen (secondary N) is 1. The van der Waals surface area contributed by atoms with Crippen LogP contribution < -0.4 is 5.32 Å². The molecule has 126 valence electrons. The minimum Gasteiger partial charge on any atom is -0.333 e. The van der Waals surface area contributed by atoms with Gasteiger partial charge in [0.15, 0.2) is 0 Å². The van der Waals surface area contributed by atoms with Crippen LogP contribution in [-0.4, -0.2) is 51.2 Å². The predicted octanol–water partition coefficient (Wildman–Crippen LogP) is 2.23. The number of aromatic nitrogens is 3. The SMILES string of the molecule is CC1CN(C(=O)c2nc(C3CC3)n(-c3ccccc3Cl)n2)CCN1. The van der Waals surface area contributed by atoms with Crippen LogP contribution in [0.5, 0.6) is 0 Å². The molecule has 1 aromatic heterocycles. The van der Waals surface area contributed by atoms with Gasteiger partial charge in [-0.2, -0.15) is 0 Å². The van der Waals surface area contributed by atoms with Crippen molar-refractivity contribution in [2.45, 2.75) is 31.7 Å². The number of hydrogen-bond donors (Lipinski definition) is 1. The maximum Gasteiger partial charge on any atom is 0.293 e. The molecule has 1 aliphatic carbocycles. The highest BCUT2D eigenvalue weighted by Crippen LogP contribution is 2.40. The zero-order valence-corrected chi connectivity index (χ0v) is 14.3. The summed E-state index contributed by atoms with van der Waals surface area (Å²) in [5.41, 5.74) is 0.779. The summed E-state index contributed by atoms with van der Waals surface area (Å²) in [5.74, 6) is 1.38. The lowest BCUT2D eigenvalue weighted by atomic mass is 10.2. The molecule has 2 aromatic rings. The Bertz CT molecular complexity index is 770. The Kier molecular flexibility index (Phi) is 4.02. The first kappa shape index (κ1) is 15.6. The second-order valence-electron chi connectivity index (χ2n) is 6.54. The van der Waals surface area contributed by atoms with E-state index >= 15 is 0 Å². The molecule has 4 rings (SSSR count). The molecule has 0 radical (unpaired) electrons. The minimum absolute atomic E-state index is 0.101. The van der Waals surface area contributed by atoms with Crippen molar-refractivity contribution in [3.8, 4) is 5.69 Å². The maximum atomic E-state index is 12.8. The first-order chi connectivity index (χ1) is 11.6. The monoisotopic (exact) mass is 345 g/mol. The molecule has 6 nitrogen and oxygen atoms in total. The third-order valence-corrected chi connectivity index (χ3v) is 4.82. The molecule has 1 N–H and O–H groups in total. The van der Waals surface area contributed by atoms with Gasteiger partial charge in [-0.1, -0.05) is 23.7 Å². The number of carbonyl (C=O) groups excluding carboxylic acids is 1. The van der Waals surface area contributed by atoms with Gasteiger partial charge >= 0.3 is 0 Å². The number of piperazine rings is 1. The number of benzene rings is 1. The van der Waals surface area contributed by atoms with E-state index in [1.54, 1.807) is 4.68 Å². The van der Waals surface area contributed by atoms with E-state index in [9.17, 15) is 4.79 Å². The molecule has 1 amide bonds. The summed E-state index contributed by atoms with van der Waals surface area (Å²) in [6.07, 6.45) is 2.17. The molecule has 7 heteroatoms. The van der Waals surface area contributed by atoms with Crippen molar-refractivity contribution in [1.82, 2.24) is 25.0 Å². The Morgan fingerprint density at radius 3 is 2.83 bits per heavy atom. The van der Waals surface area contributed by atoms with Crippen molar-refractivity contribution in [1.29, 1.82) is 0 Å². The number of nitrogens with zero attached hydrogens (tertiary/aromatic N) is 4. The molecule has 1 saturated carbocycles. The van der Waals surface area contributed by atoms with Crippen LogP contribution in [0, 0.1) is 0 Å². The number of hydrogen-bond acceptors (Lipinski definition) is 4. The average molecular weight is 346 g/mol. The third kappa shape index (κ3) is 2.91. The fourth-order valence-corrected chi connectivity index (χ4v) is 3.30. The molecule has 0 spiro atoms. The Morgan fingerprint density at radius 1 is 1.33 bits per heavy atom. The average Bonchev–Trinajstić information content (AvgIpc) is 3.34. The van der Waals surface area contributed by atoms with E-state index in [1.165, 1.54) is 0 Å². The molecule has 2 aliphatic rings. The van der Waals surface area contributed by atoms with Crippen molar-refractivity contribution in [3.05, 3.63) is 40.9 Å². The van der Waals surface area contributed by atoms with Crippen LogP contribution in [0.15, 0.2) is 24.3 Å². The van der Waals surface area contributed by atoms with Gasteiger partial charge in [0, 0.05) is 31.6 Å². The predicted molar refractivity (Wildman–Crippen MR) is 91.7 cm³/mol. The van der Waals surface area contributed by atoms with E-state index in [4.69, 9.17) is 11.6 Å². The summed E-state index contributed by atoms with van der Waals surface area (Å²) in [7, 11) is 0. The Labute approximate surface area is 145 Å². The van der Waals surface area contributed by atoms with Gasteiger partial charge < -0.3 is 10.2 Å². The molecule has 2 fully saturated rings. The number of rotatable bonds is 3. The maximum absolute atomic E-state index is 12.8. The highest BCUT2D eigenvalue weighted by atomic mass is 35.5. The first-order valence-electron chi connectivity index (χ1n) is 8.38. The van der Waals surface area contributed by atoms with E-state index in [1.807, 2.05) is 29.2 Å². The van der Waals surface area contributed by atoms with Crippen LogP contribution in [0.4, 0.5) is 0 Å². The Morgan fingerprint density at radius 2 is 2.12 bits per heavy atom. The van der Waals surface area contributed by atoms with E-state index in [2.05, 4.69) is 22.3 Å². The first-order valence-corrected chi connectivity index (χ1v) is 8.76. The lowest BCUT2D eigenvalue weighted by Crippen LogP contribution is -2.51. The summed E-state index contributed by atoms with van der Waals surface area (Å²) >= 11 is 6.32. The second kappa shape index (κ2) is 6.18. The number of carbonyl (C=O) groups is 1. The zero-order chi connectivity index (χ0) is 16.7. The van der Waals surface area contributed by atoms with E-state index in [0.717, 1.165) is 30.9 Å². The highest BCUT2D eigenvalue weighted by molar-refractivity contribution is 6.32. The molecule has 0 bridgehead atoms. The van der Waals surface area contributed by atoms with Crippen molar-refractivity contribution in [3.63, 3.8) is 0 Å².